The number of likely N-dealkylation sites (N-methyl/N-ethyl adjacent to an activating group) is 1. The van der Waals surface area contributed by atoms with Crippen molar-refractivity contribution in [3.63, 3.8) is 0 Å². The lowest BCUT2D eigenvalue weighted by Crippen LogP contribution is -2.61. The first-order chi connectivity index (χ1) is 11.0. The molecule has 23 heavy (non-hydrogen) atoms. The Morgan fingerprint density at radius 3 is 2.48 bits per heavy atom. The van der Waals surface area contributed by atoms with Crippen LogP contribution >= 0.6 is 0 Å². The Morgan fingerprint density at radius 2 is 1.83 bits per heavy atom. The predicted molar refractivity (Wildman–Crippen MR) is 95.1 cm³/mol. The quantitative estimate of drug-likeness (QED) is 0.939. The summed E-state index contributed by atoms with van der Waals surface area (Å²) < 4.78 is 0. The van der Waals surface area contributed by atoms with E-state index in [9.17, 15) is 4.79 Å². The average Bonchev–Trinajstić information content (AvgIpc) is 2.49. The lowest BCUT2D eigenvalue weighted by atomic mass is 10.1. The van der Waals surface area contributed by atoms with Crippen LogP contribution in [0.4, 0.5) is 16.2 Å². The number of aryl methyl sites for hydroxylation is 2. The maximum absolute atomic E-state index is 12.3. The summed E-state index contributed by atoms with van der Waals surface area (Å²) in [5.74, 6) is 0. The second kappa shape index (κ2) is 6.32. The van der Waals surface area contributed by atoms with Crippen LogP contribution in [0.25, 0.3) is 0 Å². The fraction of sp³-hybridized carbons (Fsp3) is 0.316. The van der Waals surface area contributed by atoms with Crippen molar-refractivity contribution < 1.29 is 4.79 Å². The molecule has 1 fully saturated rings. The van der Waals surface area contributed by atoms with Gasteiger partial charge in [-0.3, -0.25) is 0 Å². The largest absolute Gasteiger partial charge is 0.368 e. The molecule has 0 atom stereocenters. The molecule has 0 spiro atoms. The fourth-order valence-corrected chi connectivity index (χ4v) is 2.89. The monoisotopic (exact) mass is 309 g/mol. The highest BCUT2D eigenvalue weighted by molar-refractivity contribution is 5.90. The smallest absolute Gasteiger partial charge is 0.321 e. The van der Waals surface area contributed by atoms with E-state index in [4.69, 9.17) is 0 Å². The van der Waals surface area contributed by atoms with Gasteiger partial charge in [-0.25, -0.2) is 4.79 Å². The zero-order valence-electron chi connectivity index (χ0n) is 13.9. The summed E-state index contributed by atoms with van der Waals surface area (Å²) in [5, 5.41) is 3.01. The molecule has 1 saturated heterocycles. The van der Waals surface area contributed by atoms with E-state index in [0.29, 0.717) is 6.04 Å². The highest BCUT2D eigenvalue weighted by Crippen LogP contribution is 2.22. The summed E-state index contributed by atoms with van der Waals surface area (Å²) in [6.45, 7) is 5.58. The summed E-state index contributed by atoms with van der Waals surface area (Å²) in [6, 6.07) is 16.7. The van der Waals surface area contributed by atoms with Gasteiger partial charge in [0.1, 0.15) is 0 Å². The predicted octanol–water partition coefficient (Wildman–Crippen LogP) is 3.66. The highest BCUT2D eigenvalue weighted by atomic mass is 16.2. The minimum atomic E-state index is -0.0188. The Balaban J connectivity index is 1.55. The van der Waals surface area contributed by atoms with Crippen LogP contribution in [0, 0.1) is 13.8 Å². The van der Waals surface area contributed by atoms with Crippen molar-refractivity contribution in [3.8, 4) is 0 Å². The van der Waals surface area contributed by atoms with Gasteiger partial charge in [0.05, 0.1) is 6.04 Å². The van der Waals surface area contributed by atoms with Crippen molar-refractivity contribution in [1.29, 1.82) is 0 Å². The van der Waals surface area contributed by atoms with E-state index < -0.39 is 0 Å². The van der Waals surface area contributed by atoms with E-state index in [1.165, 1.54) is 11.3 Å². The van der Waals surface area contributed by atoms with Gasteiger partial charge in [-0.05, 0) is 37.6 Å². The molecule has 2 aromatic rings. The number of carbonyl (C=O) groups is 1. The first kappa shape index (κ1) is 15.4. The molecule has 2 aromatic carbocycles. The van der Waals surface area contributed by atoms with E-state index in [1.807, 2.05) is 42.2 Å². The fourth-order valence-electron chi connectivity index (χ4n) is 2.89. The molecule has 2 amide bonds. The highest BCUT2D eigenvalue weighted by Gasteiger charge is 2.33. The molecular weight excluding hydrogens is 286 g/mol. The van der Waals surface area contributed by atoms with Crippen LogP contribution in [0.1, 0.15) is 11.1 Å². The third-order valence-electron chi connectivity index (χ3n) is 4.48. The molecule has 4 nitrogen and oxygen atoms in total. The van der Waals surface area contributed by atoms with Crippen LogP contribution in [-0.2, 0) is 0 Å². The van der Waals surface area contributed by atoms with Crippen LogP contribution in [0.5, 0.6) is 0 Å². The number of carbonyl (C=O) groups excluding carboxylic acids is 1. The van der Waals surface area contributed by atoms with Gasteiger partial charge in [0.15, 0.2) is 0 Å². The number of rotatable bonds is 3. The molecule has 0 saturated carbocycles. The molecule has 0 aliphatic carbocycles. The number of hydrogen-bond acceptors (Lipinski definition) is 2. The van der Waals surface area contributed by atoms with Crippen LogP contribution in [0.2, 0.25) is 0 Å². The first-order valence-electron chi connectivity index (χ1n) is 7.95. The van der Waals surface area contributed by atoms with Crippen LogP contribution in [-0.4, -0.2) is 37.1 Å². The van der Waals surface area contributed by atoms with Crippen molar-refractivity contribution in [2.75, 3.05) is 30.4 Å². The van der Waals surface area contributed by atoms with Gasteiger partial charge >= 0.3 is 6.03 Å². The number of benzene rings is 2. The van der Waals surface area contributed by atoms with Gasteiger partial charge in [0.25, 0.3) is 0 Å². The van der Waals surface area contributed by atoms with Crippen molar-refractivity contribution in [3.05, 3.63) is 59.7 Å². The molecule has 1 aliphatic heterocycles. The summed E-state index contributed by atoms with van der Waals surface area (Å²) in [6.07, 6.45) is 0. The second-order valence-corrected chi connectivity index (χ2v) is 6.25. The van der Waals surface area contributed by atoms with E-state index >= 15 is 0 Å². The van der Waals surface area contributed by atoms with Gasteiger partial charge < -0.3 is 15.1 Å². The Kier molecular flexibility index (Phi) is 4.24. The van der Waals surface area contributed by atoms with E-state index in [-0.39, 0.29) is 6.03 Å². The normalized spacial score (nSPS) is 14.3. The van der Waals surface area contributed by atoms with E-state index in [1.54, 1.807) is 0 Å². The van der Waals surface area contributed by atoms with Gasteiger partial charge in [0.2, 0.25) is 0 Å². The zero-order chi connectivity index (χ0) is 16.4. The molecule has 0 bridgehead atoms. The minimum absolute atomic E-state index is 0.0188. The molecule has 1 aliphatic rings. The van der Waals surface area contributed by atoms with Gasteiger partial charge in [0, 0.05) is 31.5 Å². The molecule has 0 radical (unpaired) electrons. The lowest BCUT2D eigenvalue weighted by Gasteiger charge is -2.44. The topological polar surface area (TPSA) is 35.6 Å². The SMILES string of the molecule is Cc1ccc(NC(=O)N2CC(N(C)c3ccccc3)C2)c(C)c1. The van der Waals surface area contributed by atoms with Gasteiger partial charge in [-0.2, -0.15) is 0 Å². The number of urea groups is 1. The van der Waals surface area contributed by atoms with Crippen molar-refractivity contribution in [1.82, 2.24) is 4.90 Å². The number of amides is 2. The average molecular weight is 309 g/mol. The van der Waals surface area contributed by atoms with E-state index in [2.05, 4.69) is 42.4 Å². The van der Waals surface area contributed by atoms with E-state index in [0.717, 1.165) is 24.3 Å². The Bertz CT molecular complexity index is 693. The number of anilines is 2. The summed E-state index contributed by atoms with van der Waals surface area (Å²) in [7, 11) is 2.08. The summed E-state index contributed by atoms with van der Waals surface area (Å²) in [5.41, 5.74) is 4.37. The standard InChI is InChI=1S/C19H23N3O/c1-14-9-10-18(15(2)11-14)20-19(23)22-12-17(13-22)21(3)16-7-5-4-6-8-16/h4-11,17H,12-13H2,1-3H3,(H,20,23). The first-order valence-corrected chi connectivity index (χ1v) is 7.95. The van der Waals surface area contributed by atoms with Crippen LogP contribution in [0.3, 0.4) is 0 Å². The zero-order valence-corrected chi connectivity index (χ0v) is 13.9. The third kappa shape index (κ3) is 3.31. The number of nitrogens with one attached hydrogen (secondary N) is 1. The number of likely N-dealkylation sites (tertiary alicyclic amines) is 1. The molecule has 0 aromatic heterocycles. The van der Waals surface area contributed by atoms with Crippen molar-refractivity contribution >= 4 is 17.4 Å². The summed E-state index contributed by atoms with van der Waals surface area (Å²) >= 11 is 0. The summed E-state index contributed by atoms with van der Waals surface area (Å²) in [4.78, 5) is 16.4. The third-order valence-corrected chi connectivity index (χ3v) is 4.48. The Hall–Kier alpha value is -2.49. The maximum atomic E-state index is 12.3. The number of nitrogens with zero attached hydrogens (tertiary/aromatic N) is 2. The molecule has 1 N–H and O–H groups in total. The molecular formula is C19H23N3O. The Morgan fingerprint density at radius 1 is 1.13 bits per heavy atom. The minimum Gasteiger partial charge on any atom is -0.368 e. The van der Waals surface area contributed by atoms with Gasteiger partial charge in [-0.15, -0.1) is 0 Å². The molecule has 120 valence electrons. The van der Waals surface area contributed by atoms with Crippen molar-refractivity contribution in [2.45, 2.75) is 19.9 Å². The lowest BCUT2D eigenvalue weighted by molar-refractivity contribution is 0.163. The molecule has 0 unspecified atom stereocenters. The van der Waals surface area contributed by atoms with Crippen molar-refractivity contribution in [2.24, 2.45) is 0 Å². The molecule has 4 heteroatoms. The molecule has 1 heterocycles. The number of hydrogen-bond donors (Lipinski definition) is 1. The number of para-hydroxylation sites is 1. The van der Waals surface area contributed by atoms with Gasteiger partial charge in [-0.1, -0.05) is 35.9 Å². The second-order valence-electron chi connectivity index (χ2n) is 6.25. The Labute approximate surface area is 137 Å². The molecule has 3 rings (SSSR count). The van der Waals surface area contributed by atoms with Crippen LogP contribution < -0.4 is 10.2 Å². The van der Waals surface area contributed by atoms with Crippen LogP contribution in [0.15, 0.2) is 48.5 Å². The maximum Gasteiger partial charge on any atom is 0.321 e.